The van der Waals surface area contributed by atoms with E-state index in [1.54, 1.807) is 5.38 Å². The second kappa shape index (κ2) is 3.69. The summed E-state index contributed by atoms with van der Waals surface area (Å²) in [5, 5.41) is 25.0. The number of hydrogen-bond acceptors (Lipinski definition) is 7. The van der Waals surface area contributed by atoms with E-state index in [1.165, 1.54) is 11.6 Å². The van der Waals surface area contributed by atoms with Gasteiger partial charge in [-0.15, -0.1) is 10.2 Å². The number of carbonyl (C=O) groups is 1. The first kappa shape index (κ1) is 9.65. The molecule has 2 aromatic rings. The van der Waals surface area contributed by atoms with Crippen LogP contribution < -0.4 is 0 Å². The highest BCUT2D eigenvalue weighted by Gasteiger charge is 2.21. The molecule has 2 rings (SSSR count). The lowest BCUT2D eigenvalue weighted by molar-refractivity contribution is -0.140. The molecule has 2 heterocycles. The SMILES string of the molecule is CC(C(=O)O)n1nnnc1-c1csnn1. The molecule has 78 valence electrons. The van der Waals surface area contributed by atoms with E-state index in [-0.39, 0.29) is 0 Å². The average Bonchev–Trinajstić information content (AvgIpc) is 2.86. The lowest BCUT2D eigenvalue weighted by atomic mass is 10.3. The molecule has 8 nitrogen and oxygen atoms in total. The molecule has 0 saturated heterocycles. The fourth-order valence-corrected chi connectivity index (χ4v) is 1.42. The molecule has 0 aliphatic heterocycles. The zero-order chi connectivity index (χ0) is 10.8. The van der Waals surface area contributed by atoms with Crippen molar-refractivity contribution < 1.29 is 9.90 Å². The summed E-state index contributed by atoms with van der Waals surface area (Å²) in [5.74, 6) is -0.703. The normalized spacial score (nSPS) is 12.6. The fraction of sp³-hybridized carbons (Fsp3) is 0.333. The number of aromatic nitrogens is 6. The molecule has 15 heavy (non-hydrogen) atoms. The van der Waals surface area contributed by atoms with Crippen LogP contribution in [-0.4, -0.2) is 40.9 Å². The Bertz CT molecular complexity index is 466. The number of carboxylic acid groups (broad SMARTS) is 1. The van der Waals surface area contributed by atoms with Crippen molar-refractivity contribution in [1.82, 2.24) is 29.8 Å². The van der Waals surface area contributed by atoms with Crippen LogP contribution in [0.2, 0.25) is 0 Å². The molecule has 0 amide bonds. The van der Waals surface area contributed by atoms with Crippen LogP contribution in [0.4, 0.5) is 0 Å². The molecule has 2 aromatic heterocycles. The van der Waals surface area contributed by atoms with Crippen LogP contribution in [0, 0.1) is 0 Å². The topological polar surface area (TPSA) is 107 Å². The molecule has 0 radical (unpaired) electrons. The van der Waals surface area contributed by atoms with Gasteiger partial charge in [0.25, 0.3) is 0 Å². The van der Waals surface area contributed by atoms with E-state index >= 15 is 0 Å². The van der Waals surface area contributed by atoms with Gasteiger partial charge in [-0.3, -0.25) is 0 Å². The zero-order valence-corrected chi connectivity index (χ0v) is 8.42. The third-order valence-corrected chi connectivity index (χ3v) is 2.31. The van der Waals surface area contributed by atoms with Gasteiger partial charge >= 0.3 is 5.97 Å². The van der Waals surface area contributed by atoms with Crippen molar-refractivity contribution in [2.45, 2.75) is 13.0 Å². The minimum absolute atomic E-state index is 0.304. The Hall–Kier alpha value is -1.90. The summed E-state index contributed by atoms with van der Waals surface area (Å²) in [5.41, 5.74) is 0.470. The van der Waals surface area contributed by atoms with Crippen LogP contribution in [0.5, 0.6) is 0 Å². The molecule has 9 heteroatoms. The third kappa shape index (κ3) is 1.68. The van der Waals surface area contributed by atoms with Crippen LogP contribution in [-0.2, 0) is 4.79 Å². The van der Waals surface area contributed by atoms with Crippen LogP contribution in [0.3, 0.4) is 0 Å². The predicted octanol–water partition coefficient (Wildman–Crippen LogP) is -0.163. The number of tetrazole rings is 1. The van der Waals surface area contributed by atoms with Crippen molar-refractivity contribution in [2.24, 2.45) is 0 Å². The average molecular weight is 226 g/mol. The third-order valence-electron chi connectivity index (χ3n) is 1.81. The van der Waals surface area contributed by atoms with E-state index in [0.29, 0.717) is 11.5 Å². The van der Waals surface area contributed by atoms with E-state index < -0.39 is 12.0 Å². The predicted molar refractivity (Wildman–Crippen MR) is 49.1 cm³/mol. The fourth-order valence-electron chi connectivity index (χ4n) is 0.990. The Morgan fingerprint density at radius 2 is 2.40 bits per heavy atom. The van der Waals surface area contributed by atoms with Gasteiger partial charge in [0.05, 0.1) is 0 Å². The van der Waals surface area contributed by atoms with Crippen molar-refractivity contribution in [3.63, 3.8) is 0 Å². The van der Waals surface area contributed by atoms with Crippen molar-refractivity contribution in [3.05, 3.63) is 5.38 Å². The summed E-state index contributed by atoms with van der Waals surface area (Å²) < 4.78 is 4.85. The second-order valence-corrected chi connectivity index (χ2v) is 3.36. The summed E-state index contributed by atoms with van der Waals surface area (Å²) >= 11 is 1.15. The van der Waals surface area contributed by atoms with Gasteiger partial charge < -0.3 is 5.11 Å². The summed E-state index contributed by atoms with van der Waals surface area (Å²) in [6.45, 7) is 1.49. The van der Waals surface area contributed by atoms with Gasteiger partial charge in [-0.2, -0.15) is 0 Å². The first-order chi connectivity index (χ1) is 7.20. The van der Waals surface area contributed by atoms with Crippen LogP contribution in [0.25, 0.3) is 11.5 Å². The van der Waals surface area contributed by atoms with Gasteiger partial charge in [0.2, 0.25) is 5.82 Å². The van der Waals surface area contributed by atoms with Crippen molar-refractivity contribution in [1.29, 1.82) is 0 Å². The molecule has 0 aromatic carbocycles. The molecule has 0 fully saturated rings. The highest BCUT2D eigenvalue weighted by Crippen LogP contribution is 2.17. The molecule has 0 bridgehead atoms. The van der Waals surface area contributed by atoms with Crippen LogP contribution in [0.1, 0.15) is 13.0 Å². The summed E-state index contributed by atoms with van der Waals surface area (Å²) in [6.07, 6.45) is 0. The van der Waals surface area contributed by atoms with Gasteiger partial charge in [-0.1, -0.05) is 4.49 Å². The quantitative estimate of drug-likeness (QED) is 0.774. The monoisotopic (exact) mass is 226 g/mol. The van der Waals surface area contributed by atoms with E-state index in [9.17, 15) is 4.79 Å². The molecular formula is C6H6N6O2S. The lowest BCUT2D eigenvalue weighted by Crippen LogP contribution is -2.18. The van der Waals surface area contributed by atoms with Gasteiger partial charge in [-0.05, 0) is 28.9 Å². The number of hydrogen-bond donors (Lipinski definition) is 1. The number of aliphatic carboxylic acids is 1. The van der Waals surface area contributed by atoms with Crippen LogP contribution >= 0.6 is 11.5 Å². The molecule has 0 spiro atoms. The maximum Gasteiger partial charge on any atom is 0.328 e. The van der Waals surface area contributed by atoms with Crippen molar-refractivity contribution >= 4 is 17.5 Å². The first-order valence-corrected chi connectivity index (χ1v) is 4.82. The van der Waals surface area contributed by atoms with Crippen LogP contribution in [0.15, 0.2) is 5.38 Å². The largest absolute Gasteiger partial charge is 0.480 e. The Labute approximate surface area is 87.7 Å². The van der Waals surface area contributed by atoms with Gasteiger partial charge in [0, 0.05) is 5.38 Å². The Morgan fingerprint density at radius 1 is 1.60 bits per heavy atom. The van der Waals surface area contributed by atoms with E-state index in [4.69, 9.17) is 5.11 Å². The minimum atomic E-state index is -1.01. The number of nitrogens with zero attached hydrogens (tertiary/aromatic N) is 6. The van der Waals surface area contributed by atoms with Gasteiger partial charge in [0.1, 0.15) is 5.69 Å². The van der Waals surface area contributed by atoms with E-state index in [0.717, 1.165) is 11.5 Å². The smallest absolute Gasteiger partial charge is 0.328 e. The Morgan fingerprint density at radius 3 is 3.00 bits per heavy atom. The molecule has 1 unspecified atom stereocenters. The maximum atomic E-state index is 10.8. The minimum Gasteiger partial charge on any atom is -0.480 e. The van der Waals surface area contributed by atoms with Crippen molar-refractivity contribution in [2.75, 3.05) is 0 Å². The van der Waals surface area contributed by atoms with Gasteiger partial charge in [-0.25, -0.2) is 9.48 Å². The van der Waals surface area contributed by atoms with E-state index in [2.05, 4.69) is 25.1 Å². The second-order valence-electron chi connectivity index (χ2n) is 2.75. The zero-order valence-electron chi connectivity index (χ0n) is 7.60. The molecule has 1 atom stereocenters. The Kier molecular flexibility index (Phi) is 2.37. The van der Waals surface area contributed by atoms with E-state index in [1.807, 2.05) is 0 Å². The molecule has 0 aliphatic rings. The highest BCUT2D eigenvalue weighted by molar-refractivity contribution is 7.03. The maximum absolute atomic E-state index is 10.8. The lowest BCUT2D eigenvalue weighted by Gasteiger charge is -2.06. The molecule has 0 saturated carbocycles. The van der Waals surface area contributed by atoms with Gasteiger partial charge in [0.15, 0.2) is 6.04 Å². The molecular weight excluding hydrogens is 220 g/mol. The molecule has 1 N–H and O–H groups in total. The standard InChI is InChI=1S/C6H6N6O2S/c1-3(6(13)14)12-5(8-9-10-12)4-2-15-11-7-4/h2-3H,1H3,(H,13,14). The summed E-state index contributed by atoms with van der Waals surface area (Å²) in [7, 11) is 0. The first-order valence-electron chi connectivity index (χ1n) is 3.98. The number of rotatable bonds is 3. The highest BCUT2D eigenvalue weighted by atomic mass is 32.1. The summed E-state index contributed by atoms with van der Waals surface area (Å²) in [6, 6.07) is -0.836. The molecule has 0 aliphatic carbocycles. The Balaban J connectivity index is 2.43. The van der Waals surface area contributed by atoms with Crippen molar-refractivity contribution in [3.8, 4) is 11.5 Å². The summed E-state index contributed by atoms with van der Waals surface area (Å²) in [4.78, 5) is 10.8. The number of carboxylic acids is 1.